The number of aliphatic hydroxyl groups excluding tert-OH is 1. The first-order chi connectivity index (χ1) is 6.56. The number of hydrogen-bond acceptors (Lipinski definition) is 2. The van der Waals surface area contributed by atoms with Crippen molar-refractivity contribution >= 4 is 5.91 Å². The molecule has 1 aliphatic heterocycles. The zero-order chi connectivity index (χ0) is 10.7. The molecule has 0 bridgehead atoms. The molecular weight excluding hydrogens is 178 g/mol. The second-order valence-electron chi connectivity index (χ2n) is 4.38. The molecule has 0 aromatic rings. The Kier molecular flexibility index (Phi) is 3.93. The Hall–Kier alpha value is -0.570. The van der Waals surface area contributed by atoms with Gasteiger partial charge in [-0.2, -0.15) is 0 Å². The summed E-state index contributed by atoms with van der Waals surface area (Å²) in [5.41, 5.74) is 0. The van der Waals surface area contributed by atoms with E-state index in [4.69, 9.17) is 0 Å². The van der Waals surface area contributed by atoms with Crippen LogP contribution in [0.4, 0.5) is 0 Å². The number of β-amino-alcohol motifs (C(OH)–C–C–N with tert-alkyl or cyclic N) is 1. The second-order valence-corrected chi connectivity index (χ2v) is 4.38. The molecule has 3 unspecified atom stereocenters. The van der Waals surface area contributed by atoms with Crippen LogP contribution in [0.2, 0.25) is 0 Å². The summed E-state index contributed by atoms with van der Waals surface area (Å²) in [6, 6.07) is 0.292. The molecule has 1 saturated heterocycles. The van der Waals surface area contributed by atoms with Crippen LogP contribution >= 0.6 is 0 Å². The number of carbonyl (C=O) groups is 1. The lowest BCUT2D eigenvalue weighted by atomic mass is 9.98. The van der Waals surface area contributed by atoms with Crippen molar-refractivity contribution in [3.63, 3.8) is 0 Å². The fraction of sp³-hybridized carbons (Fsp3) is 0.909. The van der Waals surface area contributed by atoms with Crippen molar-refractivity contribution in [2.75, 3.05) is 6.54 Å². The van der Waals surface area contributed by atoms with Gasteiger partial charge in [0.2, 0.25) is 5.91 Å². The van der Waals surface area contributed by atoms with Crippen molar-refractivity contribution < 1.29 is 9.90 Å². The van der Waals surface area contributed by atoms with Gasteiger partial charge in [0.05, 0.1) is 6.10 Å². The molecule has 1 aliphatic rings. The van der Waals surface area contributed by atoms with Crippen LogP contribution in [0.5, 0.6) is 0 Å². The van der Waals surface area contributed by atoms with E-state index in [0.717, 1.165) is 19.3 Å². The van der Waals surface area contributed by atoms with Crippen LogP contribution in [0.1, 0.15) is 40.0 Å². The molecule has 1 N–H and O–H groups in total. The molecule has 0 aromatic heterocycles. The minimum absolute atomic E-state index is 0.0859. The number of aliphatic hydroxyl groups is 1. The van der Waals surface area contributed by atoms with E-state index in [1.165, 1.54) is 0 Å². The number of carbonyl (C=O) groups excluding carboxylic acids is 1. The van der Waals surface area contributed by atoms with E-state index in [9.17, 15) is 9.90 Å². The van der Waals surface area contributed by atoms with E-state index in [-0.39, 0.29) is 17.9 Å². The lowest BCUT2D eigenvalue weighted by Crippen LogP contribution is -2.49. The topological polar surface area (TPSA) is 40.5 Å². The van der Waals surface area contributed by atoms with E-state index >= 15 is 0 Å². The molecule has 1 fully saturated rings. The molecule has 1 heterocycles. The smallest absolute Gasteiger partial charge is 0.225 e. The van der Waals surface area contributed by atoms with Crippen LogP contribution in [0.25, 0.3) is 0 Å². The van der Waals surface area contributed by atoms with Crippen molar-refractivity contribution in [3.8, 4) is 0 Å². The quantitative estimate of drug-likeness (QED) is 0.730. The third-order valence-electron chi connectivity index (χ3n) is 3.17. The summed E-state index contributed by atoms with van der Waals surface area (Å²) in [4.78, 5) is 13.7. The Morgan fingerprint density at radius 1 is 1.57 bits per heavy atom. The van der Waals surface area contributed by atoms with E-state index < -0.39 is 0 Å². The number of rotatable bonds is 2. The van der Waals surface area contributed by atoms with Gasteiger partial charge in [0.1, 0.15) is 0 Å². The monoisotopic (exact) mass is 199 g/mol. The van der Waals surface area contributed by atoms with Crippen molar-refractivity contribution in [1.29, 1.82) is 0 Å². The Morgan fingerprint density at radius 3 is 2.79 bits per heavy atom. The molecule has 0 saturated carbocycles. The predicted octanol–water partition coefficient (Wildman–Crippen LogP) is 1.40. The zero-order valence-electron chi connectivity index (χ0n) is 9.36. The van der Waals surface area contributed by atoms with E-state index in [0.29, 0.717) is 12.6 Å². The normalized spacial score (nSPS) is 30.1. The molecule has 0 aromatic carbocycles. The lowest BCUT2D eigenvalue weighted by Gasteiger charge is -2.37. The standard InChI is InChI=1S/C11H21NO2/c1-4-8(2)11(14)12-7-10(13)6-5-9(12)3/h8-10,13H,4-7H2,1-3H3. The van der Waals surface area contributed by atoms with Crippen molar-refractivity contribution in [2.24, 2.45) is 5.92 Å². The van der Waals surface area contributed by atoms with E-state index in [2.05, 4.69) is 6.92 Å². The van der Waals surface area contributed by atoms with Crippen LogP contribution in [-0.4, -0.2) is 34.6 Å². The van der Waals surface area contributed by atoms with Gasteiger partial charge in [0.15, 0.2) is 0 Å². The van der Waals surface area contributed by atoms with Crippen molar-refractivity contribution in [3.05, 3.63) is 0 Å². The number of piperidine rings is 1. The zero-order valence-corrected chi connectivity index (χ0v) is 9.36. The maximum absolute atomic E-state index is 11.9. The first kappa shape index (κ1) is 11.5. The first-order valence-corrected chi connectivity index (χ1v) is 5.54. The molecule has 1 amide bonds. The highest BCUT2D eigenvalue weighted by Gasteiger charge is 2.29. The van der Waals surface area contributed by atoms with Crippen LogP contribution in [-0.2, 0) is 4.79 Å². The Morgan fingerprint density at radius 2 is 2.21 bits per heavy atom. The van der Waals surface area contributed by atoms with Crippen LogP contribution in [0.3, 0.4) is 0 Å². The van der Waals surface area contributed by atoms with Gasteiger partial charge >= 0.3 is 0 Å². The third-order valence-corrected chi connectivity index (χ3v) is 3.17. The van der Waals surface area contributed by atoms with Gasteiger partial charge in [-0.05, 0) is 26.2 Å². The highest BCUT2D eigenvalue weighted by atomic mass is 16.3. The molecule has 14 heavy (non-hydrogen) atoms. The van der Waals surface area contributed by atoms with Gasteiger partial charge < -0.3 is 10.0 Å². The number of nitrogens with zero attached hydrogens (tertiary/aromatic N) is 1. The fourth-order valence-electron chi connectivity index (χ4n) is 1.85. The average Bonchev–Trinajstić information content (AvgIpc) is 2.19. The van der Waals surface area contributed by atoms with Gasteiger partial charge in [0.25, 0.3) is 0 Å². The van der Waals surface area contributed by atoms with Crippen LogP contribution in [0.15, 0.2) is 0 Å². The van der Waals surface area contributed by atoms with Gasteiger partial charge in [-0.1, -0.05) is 13.8 Å². The molecule has 0 aliphatic carbocycles. The van der Waals surface area contributed by atoms with Crippen molar-refractivity contribution in [1.82, 2.24) is 4.90 Å². The molecule has 0 spiro atoms. The SMILES string of the molecule is CCC(C)C(=O)N1CC(O)CCC1C. The Labute approximate surface area is 86.1 Å². The maximum Gasteiger partial charge on any atom is 0.225 e. The molecule has 3 heteroatoms. The molecule has 3 atom stereocenters. The molecular formula is C11H21NO2. The highest BCUT2D eigenvalue weighted by Crippen LogP contribution is 2.20. The summed E-state index contributed by atoms with van der Waals surface area (Å²) in [5, 5.41) is 9.51. The van der Waals surface area contributed by atoms with Crippen LogP contribution < -0.4 is 0 Å². The largest absolute Gasteiger partial charge is 0.391 e. The Balaban J connectivity index is 2.60. The molecule has 82 valence electrons. The molecule has 0 radical (unpaired) electrons. The minimum Gasteiger partial charge on any atom is -0.391 e. The summed E-state index contributed by atoms with van der Waals surface area (Å²) in [5.74, 6) is 0.279. The summed E-state index contributed by atoms with van der Waals surface area (Å²) in [6.45, 7) is 6.56. The number of likely N-dealkylation sites (tertiary alicyclic amines) is 1. The van der Waals surface area contributed by atoms with Gasteiger partial charge in [-0.25, -0.2) is 0 Å². The highest BCUT2D eigenvalue weighted by molar-refractivity contribution is 5.78. The lowest BCUT2D eigenvalue weighted by molar-refractivity contribution is -0.141. The summed E-state index contributed by atoms with van der Waals surface area (Å²) in [7, 11) is 0. The minimum atomic E-state index is -0.320. The van der Waals surface area contributed by atoms with Crippen molar-refractivity contribution in [2.45, 2.75) is 52.2 Å². The van der Waals surface area contributed by atoms with Crippen LogP contribution in [0, 0.1) is 5.92 Å². The number of amides is 1. The predicted molar refractivity (Wildman–Crippen MR) is 55.9 cm³/mol. The Bertz CT molecular complexity index is 205. The maximum atomic E-state index is 11.9. The van der Waals surface area contributed by atoms with Gasteiger partial charge in [-0.3, -0.25) is 4.79 Å². The van der Waals surface area contributed by atoms with E-state index in [1.54, 1.807) is 0 Å². The first-order valence-electron chi connectivity index (χ1n) is 5.54. The molecule has 3 nitrogen and oxygen atoms in total. The average molecular weight is 199 g/mol. The fourth-order valence-corrected chi connectivity index (χ4v) is 1.85. The number of hydrogen-bond donors (Lipinski definition) is 1. The summed E-state index contributed by atoms with van der Waals surface area (Å²) in [6.07, 6.45) is 2.30. The molecule has 1 rings (SSSR count). The summed E-state index contributed by atoms with van der Waals surface area (Å²) < 4.78 is 0. The third kappa shape index (κ3) is 2.47. The van der Waals surface area contributed by atoms with Gasteiger partial charge in [-0.15, -0.1) is 0 Å². The second kappa shape index (κ2) is 4.78. The summed E-state index contributed by atoms with van der Waals surface area (Å²) >= 11 is 0. The van der Waals surface area contributed by atoms with Gasteiger partial charge in [0, 0.05) is 18.5 Å². The van der Waals surface area contributed by atoms with E-state index in [1.807, 2.05) is 18.7 Å².